The number of hydrogen-bond acceptors (Lipinski definition) is 6. The Morgan fingerprint density at radius 1 is 1.07 bits per heavy atom. The molecule has 0 amide bonds. The van der Waals surface area contributed by atoms with E-state index in [0.29, 0.717) is 22.6 Å². The topological polar surface area (TPSA) is 89.5 Å². The van der Waals surface area contributed by atoms with Crippen LogP contribution in [0.15, 0.2) is 48.7 Å². The molecule has 0 fully saturated rings. The molecule has 10 heteroatoms. The van der Waals surface area contributed by atoms with Crippen LogP contribution in [0.3, 0.4) is 0 Å². The van der Waals surface area contributed by atoms with Gasteiger partial charge in [-0.05, 0) is 36.4 Å². The van der Waals surface area contributed by atoms with E-state index in [1.807, 2.05) is 6.07 Å². The molecule has 0 aliphatic carbocycles. The summed E-state index contributed by atoms with van der Waals surface area (Å²) in [6.45, 7) is 0. The van der Waals surface area contributed by atoms with Gasteiger partial charge in [-0.15, -0.1) is 10.2 Å². The molecule has 0 aliphatic rings. The summed E-state index contributed by atoms with van der Waals surface area (Å²) >= 11 is 0. The third-order valence-electron chi connectivity index (χ3n) is 4.17. The fourth-order valence-electron chi connectivity index (χ4n) is 2.79. The van der Waals surface area contributed by atoms with Crippen molar-refractivity contribution >= 4 is 11.0 Å². The number of nitriles is 1. The number of imidazole rings is 1. The zero-order valence-corrected chi connectivity index (χ0v) is 14.8. The summed E-state index contributed by atoms with van der Waals surface area (Å²) in [4.78, 5) is 8.56. The molecule has 0 saturated heterocycles. The van der Waals surface area contributed by atoms with Gasteiger partial charge in [0.2, 0.25) is 5.88 Å². The van der Waals surface area contributed by atoms with Gasteiger partial charge in [0.15, 0.2) is 11.6 Å². The molecule has 0 N–H and O–H groups in total. The Bertz CT molecular complexity index is 1220. The van der Waals surface area contributed by atoms with E-state index in [1.165, 1.54) is 19.4 Å². The number of nitrogens with zero attached hydrogens (tertiary/aromatic N) is 6. The van der Waals surface area contributed by atoms with Crippen molar-refractivity contribution in [3.8, 4) is 29.3 Å². The van der Waals surface area contributed by atoms with Crippen molar-refractivity contribution in [2.75, 3.05) is 7.11 Å². The van der Waals surface area contributed by atoms with Crippen LogP contribution in [0.5, 0.6) is 5.88 Å². The summed E-state index contributed by atoms with van der Waals surface area (Å²) in [7, 11) is 1.45. The second kappa shape index (κ2) is 6.87. The largest absolute Gasteiger partial charge is 0.480 e. The molecular formula is C19H11F3N6O. The van der Waals surface area contributed by atoms with E-state index in [1.54, 1.807) is 28.8 Å². The van der Waals surface area contributed by atoms with Gasteiger partial charge in [-0.25, -0.2) is 4.98 Å². The van der Waals surface area contributed by atoms with Crippen molar-refractivity contribution in [3.63, 3.8) is 0 Å². The molecule has 29 heavy (non-hydrogen) atoms. The summed E-state index contributed by atoms with van der Waals surface area (Å²) in [5.41, 5.74) is 0.429. The first-order valence-corrected chi connectivity index (χ1v) is 8.25. The Morgan fingerprint density at radius 2 is 1.90 bits per heavy atom. The second-order valence-corrected chi connectivity index (χ2v) is 5.95. The van der Waals surface area contributed by atoms with Crippen molar-refractivity contribution in [2.24, 2.45) is 0 Å². The minimum Gasteiger partial charge on any atom is -0.480 e. The fraction of sp³-hybridized carbons (Fsp3) is 0.105. The lowest BCUT2D eigenvalue weighted by molar-refractivity contribution is -0.137. The first kappa shape index (κ1) is 18.4. The molecule has 3 heterocycles. The molecule has 0 unspecified atom stereocenters. The molecule has 0 radical (unpaired) electrons. The van der Waals surface area contributed by atoms with E-state index in [4.69, 9.17) is 10.00 Å². The smallest absolute Gasteiger partial charge is 0.416 e. The molecule has 0 bridgehead atoms. The Balaban J connectivity index is 1.97. The van der Waals surface area contributed by atoms with Gasteiger partial charge in [0, 0.05) is 12.3 Å². The number of methoxy groups -OCH3 is 1. The molecule has 4 rings (SSSR count). The maximum Gasteiger partial charge on any atom is 0.416 e. The van der Waals surface area contributed by atoms with Gasteiger partial charge in [-0.2, -0.15) is 18.4 Å². The monoisotopic (exact) mass is 396 g/mol. The maximum atomic E-state index is 13.1. The first-order valence-electron chi connectivity index (χ1n) is 8.25. The third kappa shape index (κ3) is 3.34. The molecule has 4 aromatic rings. The number of pyridine rings is 1. The number of alkyl halides is 3. The van der Waals surface area contributed by atoms with E-state index in [0.717, 1.165) is 12.1 Å². The molecular weight excluding hydrogens is 385 g/mol. The zero-order chi connectivity index (χ0) is 20.6. The van der Waals surface area contributed by atoms with Crippen molar-refractivity contribution in [1.82, 2.24) is 24.7 Å². The third-order valence-corrected chi connectivity index (χ3v) is 4.17. The molecule has 3 aromatic heterocycles. The van der Waals surface area contributed by atoms with Crippen LogP contribution < -0.4 is 4.74 Å². The number of hydrogen-bond donors (Lipinski definition) is 0. The highest BCUT2D eigenvalue weighted by Crippen LogP contribution is 2.33. The molecule has 0 aliphatic heterocycles. The lowest BCUT2D eigenvalue weighted by Crippen LogP contribution is -2.05. The minimum atomic E-state index is -4.50. The van der Waals surface area contributed by atoms with Gasteiger partial charge in [0.05, 0.1) is 29.3 Å². The molecule has 1 aromatic carbocycles. The van der Waals surface area contributed by atoms with Gasteiger partial charge in [0.25, 0.3) is 0 Å². The normalized spacial score (nSPS) is 11.4. The standard InChI is InChI=1S/C19H11F3N6O/c1-29-17-7-6-16(26-27-17)28-15-5-3-12(19(20,21)22)8-14(15)25-18(28)13-4-2-11(9-23)10-24-13/h2-8,10H,1H3. The van der Waals surface area contributed by atoms with E-state index in [9.17, 15) is 13.2 Å². The second-order valence-electron chi connectivity index (χ2n) is 5.95. The first-order chi connectivity index (χ1) is 13.9. The summed E-state index contributed by atoms with van der Waals surface area (Å²) in [6, 6.07) is 11.5. The Morgan fingerprint density at radius 3 is 2.48 bits per heavy atom. The lowest BCUT2D eigenvalue weighted by Gasteiger charge is -2.09. The van der Waals surface area contributed by atoms with Crippen molar-refractivity contribution in [1.29, 1.82) is 5.26 Å². The van der Waals surface area contributed by atoms with Gasteiger partial charge < -0.3 is 4.74 Å². The van der Waals surface area contributed by atoms with Gasteiger partial charge in [-0.1, -0.05) is 0 Å². The SMILES string of the molecule is COc1ccc(-n2c(-c3ccc(C#N)cn3)nc3cc(C(F)(F)F)ccc32)nn1. The van der Waals surface area contributed by atoms with Crippen LogP contribution >= 0.6 is 0 Å². The fourth-order valence-corrected chi connectivity index (χ4v) is 2.79. The average molecular weight is 396 g/mol. The van der Waals surface area contributed by atoms with Crippen LogP contribution in [0.2, 0.25) is 0 Å². The number of halogens is 3. The summed E-state index contributed by atoms with van der Waals surface area (Å²) < 4.78 is 45.9. The van der Waals surface area contributed by atoms with E-state index >= 15 is 0 Å². The number of aromatic nitrogens is 5. The summed E-state index contributed by atoms with van der Waals surface area (Å²) in [5, 5.41) is 16.9. The van der Waals surface area contributed by atoms with Crippen LogP contribution in [0.1, 0.15) is 11.1 Å². The van der Waals surface area contributed by atoms with Crippen molar-refractivity contribution in [3.05, 3.63) is 59.8 Å². The van der Waals surface area contributed by atoms with Crippen LogP contribution in [-0.2, 0) is 6.18 Å². The minimum absolute atomic E-state index is 0.124. The predicted molar refractivity (Wildman–Crippen MR) is 96.2 cm³/mol. The number of fused-ring (bicyclic) bond motifs is 1. The van der Waals surface area contributed by atoms with Gasteiger partial charge in [-0.3, -0.25) is 9.55 Å². The molecule has 0 spiro atoms. The molecule has 7 nitrogen and oxygen atoms in total. The maximum absolute atomic E-state index is 13.1. The molecule has 0 saturated carbocycles. The number of ether oxygens (including phenoxy) is 1. The van der Waals surface area contributed by atoms with Crippen LogP contribution in [0.4, 0.5) is 13.2 Å². The van der Waals surface area contributed by atoms with Crippen molar-refractivity contribution < 1.29 is 17.9 Å². The Kier molecular flexibility index (Phi) is 4.35. The van der Waals surface area contributed by atoms with E-state index in [2.05, 4.69) is 20.2 Å². The molecule has 144 valence electrons. The van der Waals surface area contributed by atoms with Gasteiger partial charge in [0.1, 0.15) is 11.8 Å². The average Bonchev–Trinajstić information content (AvgIpc) is 3.12. The van der Waals surface area contributed by atoms with E-state index < -0.39 is 11.7 Å². The van der Waals surface area contributed by atoms with E-state index in [-0.39, 0.29) is 17.2 Å². The van der Waals surface area contributed by atoms with Crippen LogP contribution in [0.25, 0.3) is 28.4 Å². The number of rotatable bonds is 3. The van der Waals surface area contributed by atoms with Crippen molar-refractivity contribution in [2.45, 2.75) is 6.18 Å². The van der Waals surface area contributed by atoms with Gasteiger partial charge >= 0.3 is 6.18 Å². The highest BCUT2D eigenvalue weighted by Gasteiger charge is 2.31. The van der Waals surface area contributed by atoms with Crippen LogP contribution in [-0.4, -0.2) is 31.8 Å². The quantitative estimate of drug-likeness (QED) is 0.524. The number of benzene rings is 1. The zero-order valence-electron chi connectivity index (χ0n) is 14.8. The predicted octanol–water partition coefficient (Wildman–Crippen LogP) is 3.78. The molecule has 0 atom stereocenters. The highest BCUT2D eigenvalue weighted by atomic mass is 19.4. The Labute approximate surface area is 162 Å². The summed E-state index contributed by atoms with van der Waals surface area (Å²) in [5.74, 6) is 0.882. The lowest BCUT2D eigenvalue weighted by atomic mass is 10.2. The van der Waals surface area contributed by atoms with Crippen LogP contribution in [0, 0.1) is 11.3 Å². The summed E-state index contributed by atoms with van der Waals surface area (Å²) in [6.07, 6.45) is -3.13. The highest BCUT2D eigenvalue weighted by molar-refractivity contribution is 5.83. The Hall–Kier alpha value is -4.00.